The van der Waals surface area contributed by atoms with Crippen molar-refractivity contribution < 1.29 is 24.3 Å². The third-order valence-electron chi connectivity index (χ3n) is 7.77. The summed E-state index contributed by atoms with van der Waals surface area (Å²) < 4.78 is 0. The van der Waals surface area contributed by atoms with E-state index in [0.717, 1.165) is 21.6 Å². The van der Waals surface area contributed by atoms with Gasteiger partial charge in [-0.15, -0.1) is 0 Å². The molecule has 2 N–H and O–H groups in total. The van der Waals surface area contributed by atoms with Crippen molar-refractivity contribution in [2.24, 2.45) is 17.8 Å². The summed E-state index contributed by atoms with van der Waals surface area (Å²) in [5, 5.41) is 13.6. The number of aliphatic carboxylic acids is 1. The van der Waals surface area contributed by atoms with Crippen LogP contribution < -0.4 is 10.2 Å². The molecule has 5 rings (SSSR count). The van der Waals surface area contributed by atoms with E-state index in [1.165, 1.54) is 6.92 Å². The predicted molar refractivity (Wildman–Crippen MR) is 139 cm³/mol. The van der Waals surface area contributed by atoms with Crippen LogP contribution in [0.25, 0.3) is 11.1 Å². The van der Waals surface area contributed by atoms with Gasteiger partial charge in [0.2, 0.25) is 11.8 Å². The minimum absolute atomic E-state index is 0.129. The Kier molecular flexibility index (Phi) is 6.04. The Labute approximate surface area is 215 Å². The second-order valence-electron chi connectivity index (χ2n) is 10.1. The number of carboxylic acids is 1. The highest BCUT2D eigenvalue weighted by molar-refractivity contribution is 6.24. The smallest absolute Gasteiger partial charge is 0.325 e. The molecule has 2 heterocycles. The normalized spacial score (nSPS) is 25.0. The fourth-order valence-electron chi connectivity index (χ4n) is 5.81. The Morgan fingerprint density at radius 2 is 1.46 bits per heavy atom. The second-order valence-corrected chi connectivity index (χ2v) is 10.1. The van der Waals surface area contributed by atoms with Gasteiger partial charge in [-0.1, -0.05) is 68.4 Å². The van der Waals surface area contributed by atoms with E-state index in [9.17, 15) is 24.3 Å². The van der Waals surface area contributed by atoms with Crippen LogP contribution >= 0.6 is 0 Å². The highest BCUT2D eigenvalue weighted by Crippen LogP contribution is 2.52. The molecule has 4 atom stereocenters. The fourth-order valence-corrected chi connectivity index (χ4v) is 5.81. The van der Waals surface area contributed by atoms with E-state index >= 15 is 0 Å². The minimum Gasteiger partial charge on any atom is -0.480 e. The lowest BCUT2D eigenvalue weighted by Crippen LogP contribution is -2.59. The molecule has 7 nitrogen and oxygen atoms in total. The highest BCUT2D eigenvalue weighted by atomic mass is 16.4. The van der Waals surface area contributed by atoms with Crippen LogP contribution in [0.1, 0.15) is 42.7 Å². The van der Waals surface area contributed by atoms with E-state index in [2.05, 4.69) is 5.32 Å². The van der Waals surface area contributed by atoms with Gasteiger partial charge in [0, 0.05) is 11.6 Å². The predicted octanol–water partition coefficient (Wildman–Crippen LogP) is 4.49. The Bertz CT molecular complexity index is 1380. The first-order valence-corrected chi connectivity index (χ1v) is 12.3. The summed E-state index contributed by atoms with van der Waals surface area (Å²) in [6.07, 6.45) is 0. The average Bonchev–Trinajstić information content (AvgIpc) is 3.39. The Balaban J connectivity index is 1.57. The number of nitrogens with zero attached hydrogens (tertiary/aromatic N) is 1. The maximum Gasteiger partial charge on any atom is 0.325 e. The number of carboxylic acid groups (broad SMARTS) is 1. The van der Waals surface area contributed by atoms with Crippen LogP contribution in [0.15, 0.2) is 78.9 Å². The number of anilines is 1. The van der Waals surface area contributed by atoms with E-state index in [-0.39, 0.29) is 5.78 Å². The van der Waals surface area contributed by atoms with Crippen LogP contribution in [0.5, 0.6) is 0 Å². The van der Waals surface area contributed by atoms with E-state index in [1.54, 1.807) is 38.1 Å². The van der Waals surface area contributed by atoms with Crippen LogP contribution in [0.3, 0.4) is 0 Å². The minimum atomic E-state index is -1.62. The molecular weight excluding hydrogens is 468 g/mol. The first-order chi connectivity index (χ1) is 17.7. The van der Waals surface area contributed by atoms with Gasteiger partial charge in [0.25, 0.3) is 0 Å². The van der Waals surface area contributed by atoms with Gasteiger partial charge in [-0.2, -0.15) is 0 Å². The van der Waals surface area contributed by atoms with Gasteiger partial charge in [0.05, 0.1) is 17.5 Å². The molecule has 4 unspecified atom stereocenters. The molecule has 2 fully saturated rings. The summed E-state index contributed by atoms with van der Waals surface area (Å²) in [5.41, 5.74) is 1.95. The number of rotatable bonds is 6. The van der Waals surface area contributed by atoms with Gasteiger partial charge in [-0.25, -0.2) is 4.90 Å². The molecule has 3 aromatic carbocycles. The SMILES string of the molecule is CC(=O)c1ccc(N2C(=O)C3C(c4ccc(-c5ccccc5)cc4)NC(C(=O)O)(C(C)C)C3C2=O)cc1. The maximum atomic E-state index is 13.8. The lowest BCUT2D eigenvalue weighted by Gasteiger charge is -2.34. The molecule has 2 aliphatic rings. The monoisotopic (exact) mass is 496 g/mol. The first kappa shape index (κ1) is 24.6. The topological polar surface area (TPSA) is 104 Å². The molecule has 2 amide bonds. The summed E-state index contributed by atoms with van der Waals surface area (Å²) in [7, 11) is 0. The number of hydrogen-bond acceptors (Lipinski definition) is 5. The Morgan fingerprint density at radius 3 is 2.00 bits per heavy atom. The quantitative estimate of drug-likeness (QED) is 0.385. The van der Waals surface area contributed by atoms with Crippen molar-refractivity contribution in [1.29, 1.82) is 0 Å². The molecule has 0 bridgehead atoms. The Hall–Kier alpha value is -4.10. The van der Waals surface area contributed by atoms with Crippen LogP contribution in [0.4, 0.5) is 5.69 Å². The van der Waals surface area contributed by atoms with Crippen LogP contribution in [0.2, 0.25) is 0 Å². The highest BCUT2D eigenvalue weighted by Gasteiger charge is 2.69. The number of carbonyl (C=O) groups excluding carboxylic acids is 3. The van der Waals surface area contributed by atoms with Gasteiger partial charge in [0.15, 0.2) is 5.78 Å². The molecule has 2 aliphatic heterocycles. The summed E-state index contributed by atoms with van der Waals surface area (Å²) >= 11 is 0. The Morgan fingerprint density at radius 1 is 0.865 bits per heavy atom. The van der Waals surface area contributed by atoms with E-state index in [0.29, 0.717) is 11.3 Å². The molecule has 0 spiro atoms. The van der Waals surface area contributed by atoms with Gasteiger partial charge >= 0.3 is 5.97 Å². The number of carbonyl (C=O) groups is 4. The molecular formula is C30H28N2O5. The molecule has 0 aliphatic carbocycles. The van der Waals surface area contributed by atoms with Gasteiger partial charge in [0.1, 0.15) is 5.54 Å². The summed E-state index contributed by atoms with van der Waals surface area (Å²) in [6.45, 7) is 4.94. The zero-order valence-corrected chi connectivity index (χ0v) is 20.8. The van der Waals surface area contributed by atoms with Crippen molar-refractivity contribution in [3.63, 3.8) is 0 Å². The lowest BCUT2D eigenvalue weighted by molar-refractivity contribution is -0.151. The average molecular weight is 497 g/mol. The number of Topliss-reactive ketones (excluding diaryl/α,β-unsaturated/α-hetero) is 1. The molecule has 188 valence electrons. The van der Waals surface area contributed by atoms with Gasteiger partial charge in [-0.3, -0.25) is 24.5 Å². The van der Waals surface area contributed by atoms with Crippen molar-refractivity contribution in [3.05, 3.63) is 90.0 Å². The standard InChI is InChI=1S/C30H28N2O5/c1-17(2)30(29(36)37)25-24(27(34)32(28(25)35)23-15-13-19(14-16-23)18(3)33)26(31-30)22-11-9-21(10-12-22)20-7-5-4-6-8-20/h4-17,24-26,31H,1-3H3,(H,36,37). The zero-order chi connectivity index (χ0) is 26.5. The molecule has 37 heavy (non-hydrogen) atoms. The largest absolute Gasteiger partial charge is 0.480 e. The van der Waals surface area contributed by atoms with Crippen molar-refractivity contribution in [1.82, 2.24) is 5.32 Å². The molecule has 0 saturated carbocycles. The maximum absolute atomic E-state index is 13.8. The van der Waals surface area contributed by atoms with Crippen LogP contribution in [0, 0.1) is 17.8 Å². The fraction of sp³-hybridized carbons (Fsp3) is 0.267. The van der Waals surface area contributed by atoms with Gasteiger partial charge in [-0.05, 0) is 53.8 Å². The van der Waals surface area contributed by atoms with E-state index in [1.807, 2.05) is 54.6 Å². The van der Waals surface area contributed by atoms with E-state index < -0.39 is 47.1 Å². The van der Waals surface area contributed by atoms with Crippen molar-refractivity contribution in [2.75, 3.05) is 4.90 Å². The van der Waals surface area contributed by atoms with Crippen molar-refractivity contribution in [2.45, 2.75) is 32.4 Å². The van der Waals surface area contributed by atoms with Crippen molar-refractivity contribution >= 4 is 29.3 Å². The third kappa shape index (κ3) is 3.78. The van der Waals surface area contributed by atoms with Crippen LogP contribution in [-0.4, -0.2) is 34.2 Å². The zero-order valence-electron chi connectivity index (χ0n) is 20.8. The summed E-state index contributed by atoms with van der Waals surface area (Å²) in [6, 6.07) is 23.1. The van der Waals surface area contributed by atoms with E-state index in [4.69, 9.17) is 0 Å². The number of nitrogens with one attached hydrogen (secondary N) is 1. The molecule has 0 radical (unpaired) electrons. The van der Waals surface area contributed by atoms with Crippen LogP contribution in [-0.2, 0) is 14.4 Å². The molecule has 2 saturated heterocycles. The number of hydrogen-bond donors (Lipinski definition) is 2. The number of ketones is 1. The summed E-state index contributed by atoms with van der Waals surface area (Å²) in [5.74, 6) is -4.71. The van der Waals surface area contributed by atoms with Crippen molar-refractivity contribution in [3.8, 4) is 11.1 Å². The number of amides is 2. The number of benzene rings is 3. The summed E-state index contributed by atoms with van der Waals surface area (Å²) in [4.78, 5) is 53.2. The lowest BCUT2D eigenvalue weighted by atomic mass is 9.73. The molecule has 0 aromatic heterocycles. The molecule has 7 heteroatoms. The number of fused-ring (bicyclic) bond motifs is 1. The van der Waals surface area contributed by atoms with Gasteiger partial charge < -0.3 is 5.11 Å². The first-order valence-electron chi connectivity index (χ1n) is 12.3. The molecule has 3 aromatic rings. The number of imide groups is 1. The second kappa shape index (κ2) is 9.09. The third-order valence-corrected chi connectivity index (χ3v) is 7.77.